The number of benzene rings is 1. The van der Waals surface area contributed by atoms with Crippen LogP contribution in [0.3, 0.4) is 0 Å². The number of rotatable bonds is 6. The van der Waals surface area contributed by atoms with Crippen molar-refractivity contribution in [3.8, 4) is 5.75 Å². The summed E-state index contributed by atoms with van der Waals surface area (Å²) in [5.41, 5.74) is 0. The molecule has 1 aromatic carbocycles. The van der Waals surface area contributed by atoms with E-state index in [2.05, 4.69) is 15.9 Å². The second kappa shape index (κ2) is 6.91. The van der Waals surface area contributed by atoms with E-state index < -0.39 is 10.0 Å². The van der Waals surface area contributed by atoms with Crippen molar-refractivity contribution in [1.29, 1.82) is 0 Å². The minimum absolute atomic E-state index is 0.139. The number of halogens is 1. The number of methoxy groups -OCH3 is 1. The Bertz CT molecular complexity index is 524. The topological polar surface area (TPSA) is 46.6 Å². The molecule has 0 amide bonds. The first-order valence-electron chi connectivity index (χ1n) is 6.81. The molecule has 1 aliphatic carbocycles. The van der Waals surface area contributed by atoms with E-state index in [1.165, 1.54) is 0 Å². The lowest BCUT2D eigenvalue weighted by Gasteiger charge is -2.27. The van der Waals surface area contributed by atoms with Gasteiger partial charge in [0.15, 0.2) is 0 Å². The SMILES string of the molecule is COc1ccc(S(=O)(=O)N(CCBr)C2CCCC2)cc1. The third-order valence-corrected chi connectivity index (χ3v) is 6.02. The Morgan fingerprint density at radius 3 is 2.35 bits per heavy atom. The van der Waals surface area contributed by atoms with E-state index in [0.717, 1.165) is 25.7 Å². The lowest BCUT2D eigenvalue weighted by molar-refractivity contribution is 0.338. The van der Waals surface area contributed by atoms with E-state index in [4.69, 9.17) is 4.74 Å². The molecule has 112 valence electrons. The maximum absolute atomic E-state index is 12.8. The highest BCUT2D eigenvalue weighted by Crippen LogP contribution is 2.29. The van der Waals surface area contributed by atoms with Crippen LogP contribution in [0.5, 0.6) is 5.75 Å². The number of nitrogens with zero attached hydrogens (tertiary/aromatic N) is 1. The highest BCUT2D eigenvalue weighted by molar-refractivity contribution is 9.09. The molecular formula is C14H20BrNO3S. The Morgan fingerprint density at radius 2 is 1.85 bits per heavy atom. The number of hydrogen-bond acceptors (Lipinski definition) is 3. The summed E-state index contributed by atoms with van der Waals surface area (Å²) in [6.07, 6.45) is 4.15. The quantitative estimate of drug-likeness (QED) is 0.731. The Labute approximate surface area is 129 Å². The zero-order chi connectivity index (χ0) is 14.6. The van der Waals surface area contributed by atoms with Crippen molar-refractivity contribution in [2.75, 3.05) is 19.0 Å². The van der Waals surface area contributed by atoms with Crippen molar-refractivity contribution >= 4 is 26.0 Å². The van der Waals surface area contributed by atoms with E-state index >= 15 is 0 Å². The molecule has 6 heteroatoms. The minimum Gasteiger partial charge on any atom is -0.497 e. The van der Waals surface area contributed by atoms with Crippen LogP contribution >= 0.6 is 15.9 Å². The molecule has 0 radical (unpaired) electrons. The number of hydrogen-bond donors (Lipinski definition) is 0. The van der Waals surface area contributed by atoms with Crippen molar-refractivity contribution in [3.63, 3.8) is 0 Å². The van der Waals surface area contributed by atoms with Crippen LogP contribution < -0.4 is 4.74 Å². The Hall–Kier alpha value is -0.590. The molecule has 1 aliphatic rings. The molecule has 0 saturated heterocycles. The van der Waals surface area contributed by atoms with Gasteiger partial charge in [0.25, 0.3) is 0 Å². The van der Waals surface area contributed by atoms with Gasteiger partial charge in [0.05, 0.1) is 12.0 Å². The zero-order valence-corrected chi connectivity index (χ0v) is 14.0. The second-order valence-electron chi connectivity index (χ2n) is 4.92. The van der Waals surface area contributed by atoms with Gasteiger partial charge in [-0.25, -0.2) is 8.42 Å². The van der Waals surface area contributed by atoms with Crippen LogP contribution in [0.1, 0.15) is 25.7 Å². The van der Waals surface area contributed by atoms with Crippen molar-refractivity contribution in [1.82, 2.24) is 4.31 Å². The molecule has 0 heterocycles. The summed E-state index contributed by atoms with van der Waals surface area (Å²) in [7, 11) is -1.86. The first-order chi connectivity index (χ1) is 9.59. The van der Waals surface area contributed by atoms with Gasteiger partial charge in [0, 0.05) is 17.9 Å². The summed E-state index contributed by atoms with van der Waals surface area (Å²) in [5.74, 6) is 0.664. The molecule has 1 saturated carbocycles. The van der Waals surface area contributed by atoms with Gasteiger partial charge in [-0.3, -0.25) is 0 Å². The van der Waals surface area contributed by atoms with Crippen LogP contribution in [0.15, 0.2) is 29.2 Å². The average Bonchev–Trinajstić information content (AvgIpc) is 2.98. The van der Waals surface area contributed by atoms with E-state index in [1.54, 1.807) is 35.7 Å². The predicted octanol–water partition coefficient (Wildman–Crippen LogP) is 3.02. The number of sulfonamides is 1. The first-order valence-corrected chi connectivity index (χ1v) is 9.37. The molecule has 0 aromatic heterocycles. The summed E-state index contributed by atoms with van der Waals surface area (Å²) >= 11 is 3.36. The number of alkyl halides is 1. The molecule has 2 rings (SSSR count). The lowest BCUT2D eigenvalue weighted by Crippen LogP contribution is -2.40. The average molecular weight is 362 g/mol. The van der Waals surface area contributed by atoms with E-state index in [-0.39, 0.29) is 6.04 Å². The largest absolute Gasteiger partial charge is 0.497 e. The van der Waals surface area contributed by atoms with Gasteiger partial charge in [-0.15, -0.1) is 0 Å². The highest BCUT2D eigenvalue weighted by atomic mass is 79.9. The fraction of sp³-hybridized carbons (Fsp3) is 0.571. The highest BCUT2D eigenvalue weighted by Gasteiger charge is 2.32. The van der Waals surface area contributed by atoms with Gasteiger partial charge < -0.3 is 4.74 Å². The zero-order valence-electron chi connectivity index (χ0n) is 11.6. The molecule has 1 fully saturated rings. The standard InChI is InChI=1S/C14H20BrNO3S/c1-19-13-6-8-14(9-7-13)20(17,18)16(11-10-15)12-4-2-3-5-12/h6-9,12H,2-5,10-11H2,1H3. The molecule has 1 aromatic rings. The van der Waals surface area contributed by atoms with Crippen LogP contribution in [0.2, 0.25) is 0 Å². The Balaban J connectivity index is 2.28. The smallest absolute Gasteiger partial charge is 0.243 e. The lowest BCUT2D eigenvalue weighted by atomic mass is 10.2. The van der Waals surface area contributed by atoms with Crippen molar-refractivity contribution in [2.45, 2.75) is 36.6 Å². The summed E-state index contributed by atoms with van der Waals surface area (Å²) < 4.78 is 32.3. The van der Waals surface area contributed by atoms with Crippen LogP contribution in [0, 0.1) is 0 Å². The first kappa shape index (κ1) is 15.8. The maximum Gasteiger partial charge on any atom is 0.243 e. The molecule has 0 bridgehead atoms. The van der Waals surface area contributed by atoms with Gasteiger partial charge >= 0.3 is 0 Å². The monoisotopic (exact) mass is 361 g/mol. The number of ether oxygens (including phenoxy) is 1. The van der Waals surface area contributed by atoms with Gasteiger partial charge in [0.1, 0.15) is 5.75 Å². The van der Waals surface area contributed by atoms with E-state index in [1.807, 2.05) is 0 Å². The molecule has 20 heavy (non-hydrogen) atoms. The Morgan fingerprint density at radius 1 is 1.25 bits per heavy atom. The third-order valence-electron chi connectivity index (χ3n) is 3.70. The van der Waals surface area contributed by atoms with Crippen LogP contribution in [-0.2, 0) is 10.0 Å². The van der Waals surface area contributed by atoms with Gasteiger partial charge in [-0.05, 0) is 37.1 Å². The van der Waals surface area contributed by atoms with Gasteiger partial charge in [-0.2, -0.15) is 4.31 Å². The second-order valence-corrected chi connectivity index (χ2v) is 7.60. The van der Waals surface area contributed by atoms with E-state index in [9.17, 15) is 8.42 Å². The van der Waals surface area contributed by atoms with Crippen LogP contribution in [0.4, 0.5) is 0 Å². The maximum atomic E-state index is 12.8. The predicted molar refractivity (Wildman–Crippen MR) is 82.9 cm³/mol. The van der Waals surface area contributed by atoms with Gasteiger partial charge in [-0.1, -0.05) is 28.8 Å². The summed E-state index contributed by atoms with van der Waals surface area (Å²) in [4.78, 5) is 0.339. The molecule has 0 atom stereocenters. The molecule has 0 unspecified atom stereocenters. The molecule has 0 spiro atoms. The van der Waals surface area contributed by atoms with Crippen molar-refractivity contribution < 1.29 is 13.2 Å². The normalized spacial score (nSPS) is 16.8. The van der Waals surface area contributed by atoms with Crippen LogP contribution in [-0.4, -0.2) is 37.7 Å². The minimum atomic E-state index is -3.42. The van der Waals surface area contributed by atoms with Gasteiger partial charge in [0.2, 0.25) is 10.0 Å². The summed E-state index contributed by atoms with van der Waals surface area (Å²) in [5, 5.41) is 0.652. The van der Waals surface area contributed by atoms with E-state index in [0.29, 0.717) is 22.5 Å². The molecular weight excluding hydrogens is 342 g/mol. The summed E-state index contributed by atoms with van der Waals surface area (Å²) in [6.45, 7) is 0.513. The molecule has 0 N–H and O–H groups in total. The Kier molecular flexibility index (Phi) is 5.46. The van der Waals surface area contributed by atoms with Crippen molar-refractivity contribution in [3.05, 3.63) is 24.3 Å². The molecule has 4 nitrogen and oxygen atoms in total. The van der Waals surface area contributed by atoms with Crippen LogP contribution in [0.25, 0.3) is 0 Å². The third kappa shape index (κ3) is 3.35. The molecule has 0 aliphatic heterocycles. The fourth-order valence-corrected chi connectivity index (χ4v) is 4.96. The van der Waals surface area contributed by atoms with Crippen molar-refractivity contribution in [2.24, 2.45) is 0 Å². The summed E-state index contributed by atoms with van der Waals surface area (Å²) in [6, 6.07) is 6.75. The fourth-order valence-electron chi connectivity index (χ4n) is 2.66.